The van der Waals surface area contributed by atoms with E-state index in [1.165, 1.54) is 0 Å². The molecule has 0 radical (unpaired) electrons. The third-order valence-corrected chi connectivity index (χ3v) is 1.83. The molecule has 0 bridgehead atoms. The Kier molecular flexibility index (Phi) is 3.79. The Morgan fingerprint density at radius 1 is 1.73 bits per heavy atom. The maximum Gasteiger partial charge on any atom is 0.331 e. The lowest BCUT2D eigenvalue weighted by atomic mass is 9.96. The Bertz CT molecular complexity index is 156. The molecular weight excluding hydrogens is 142 g/mol. The van der Waals surface area contributed by atoms with Crippen molar-refractivity contribution in [1.29, 1.82) is 0 Å². The predicted molar refractivity (Wildman–Crippen MR) is 45.1 cm³/mol. The number of hydrogen-bond donors (Lipinski definition) is 1. The van der Waals surface area contributed by atoms with Crippen molar-refractivity contribution in [2.45, 2.75) is 38.6 Å². The standard InChI is InChI=1S/C8H15NO2/c1-4-5-6-8(2,9-3)7(10)11/h3-6H2,1-2H3,(H,10,11). The Balaban J connectivity index is 4.10. The summed E-state index contributed by atoms with van der Waals surface area (Å²) in [5, 5.41) is 8.73. The van der Waals surface area contributed by atoms with Crippen molar-refractivity contribution >= 4 is 12.7 Å². The maximum atomic E-state index is 10.6. The van der Waals surface area contributed by atoms with Crippen molar-refractivity contribution in [2.24, 2.45) is 4.99 Å². The van der Waals surface area contributed by atoms with Crippen molar-refractivity contribution in [2.75, 3.05) is 0 Å². The maximum absolute atomic E-state index is 10.6. The first-order valence-corrected chi connectivity index (χ1v) is 3.78. The zero-order chi connectivity index (χ0) is 8.91. The van der Waals surface area contributed by atoms with Crippen LogP contribution in [0, 0.1) is 0 Å². The van der Waals surface area contributed by atoms with E-state index in [1.807, 2.05) is 6.92 Å². The summed E-state index contributed by atoms with van der Waals surface area (Å²) in [5.74, 6) is -0.888. The molecule has 0 saturated heterocycles. The van der Waals surface area contributed by atoms with Gasteiger partial charge in [-0.1, -0.05) is 19.8 Å². The van der Waals surface area contributed by atoms with Gasteiger partial charge in [0.25, 0.3) is 0 Å². The minimum atomic E-state index is -0.976. The second-order valence-electron chi connectivity index (χ2n) is 2.84. The van der Waals surface area contributed by atoms with E-state index in [4.69, 9.17) is 5.11 Å². The van der Waals surface area contributed by atoms with Gasteiger partial charge >= 0.3 is 5.97 Å². The van der Waals surface area contributed by atoms with Crippen LogP contribution in [-0.4, -0.2) is 23.3 Å². The molecule has 0 aliphatic heterocycles. The molecule has 3 nitrogen and oxygen atoms in total. The Morgan fingerprint density at radius 2 is 2.27 bits per heavy atom. The fourth-order valence-corrected chi connectivity index (χ4v) is 0.775. The third-order valence-electron chi connectivity index (χ3n) is 1.83. The highest BCUT2D eigenvalue weighted by Crippen LogP contribution is 2.17. The number of aliphatic carboxylic acids is 1. The minimum Gasteiger partial charge on any atom is -0.479 e. The van der Waals surface area contributed by atoms with Gasteiger partial charge in [0.15, 0.2) is 5.54 Å². The summed E-state index contributed by atoms with van der Waals surface area (Å²) in [4.78, 5) is 14.2. The molecule has 0 aliphatic rings. The average Bonchev–Trinajstić information content (AvgIpc) is 2.00. The molecule has 11 heavy (non-hydrogen) atoms. The fourth-order valence-electron chi connectivity index (χ4n) is 0.775. The monoisotopic (exact) mass is 157 g/mol. The lowest BCUT2D eigenvalue weighted by Crippen LogP contribution is -2.32. The van der Waals surface area contributed by atoms with Gasteiger partial charge in [0.05, 0.1) is 0 Å². The highest BCUT2D eigenvalue weighted by Gasteiger charge is 2.30. The average molecular weight is 157 g/mol. The number of carbonyl (C=O) groups is 1. The molecule has 1 atom stereocenters. The summed E-state index contributed by atoms with van der Waals surface area (Å²) < 4.78 is 0. The zero-order valence-corrected chi connectivity index (χ0v) is 7.13. The first-order valence-electron chi connectivity index (χ1n) is 3.78. The van der Waals surface area contributed by atoms with Crippen LogP contribution in [0.5, 0.6) is 0 Å². The lowest BCUT2D eigenvalue weighted by Gasteiger charge is -2.18. The van der Waals surface area contributed by atoms with Crippen LogP contribution in [0.4, 0.5) is 0 Å². The number of rotatable bonds is 5. The van der Waals surface area contributed by atoms with E-state index in [0.717, 1.165) is 12.8 Å². The van der Waals surface area contributed by atoms with E-state index in [0.29, 0.717) is 6.42 Å². The SMILES string of the molecule is C=NC(C)(CCCC)C(=O)O. The first-order chi connectivity index (χ1) is 5.06. The molecule has 0 aromatic rings. The molecule has 0 aliphatic carbocycles. The number of unbranched alkanes of at least 4 members (excludes halogenated alkanes) is 1. The summed E-state index contributed by atoms with van der Waals surface area (Å²) in [6.45, 7) is 6.89. The molecule has 0 aromatic heterocycles. The van der Waals surface area contributed by atoms with Crippen LogP contribution >= 0.6 is 0 Å². The Labute approximate surface area is 67.1 Å². The van der Waals surface area contributed by atoms with Gasteiger partial charge in [-0.25, -0.2) is 4.79 Å². The van der Waals surface area contributed by atoms with E-state index >= 15 is 0 Å². The van der Waals surface area contributed by atoms with Crippen LogP contribution in [0.2, 0.25) is 0 Å². The van der Waals surface area contributed by atoms with E-state index in [2.05, 4.69) is 11.7 Å². The summed E-state index contributed by atoms with van der Waals surface area (Å²) in [6.07, 6.45) is 2.43. The summed E-state index contributed by atoms with van der Waals surface area (Å²) in [6, 6.07) is 0. The molecule has 3 heteroatoms. The zero-order valence-electron chi connectivity index (χ0n) is 7.13. The molecule has 0 fully saturated rings. The predicted octanol–water partition coefficient (Wildman–Crippen LogP) is 1.72. The molecule has 0 aromatic carbocycles. The van der Waals surface area contributed by atoms with Gasteiger partial charge < -0.3 is 5.11 Å². The Morgan fingerprint density at radius 3 is 2.55 bits per heavy atom. The van der Waals surface area contributed by atoms with E-state index in [-0.39, 0.29) is 0 Å². The van der Waals surface area contributed by atoms with Gasteiger partial charge in [-0.2, -0.15) is 0 Å². The summed E-state index contributed by atoms with van der Waals surface area (Å²) in [7, 11) is 0. The fraction of sp³-hybridized carbons (Fsp3) is 0.750. The first kappa shape index (κ1) is 10.1. The molecule has 64 valence electrons. The highest BCUT2D eigenvalue weighted by atomic mass is 16.4. The number of carboxylic acid groups (broad SMARTS) is 1. The number of hydrogen-bond acceptors (Lipinski definition) is 2. The molecule has 0 spiro atoms. The molecule has 0 amide bonds. The van der Waals surface area contributed by atoms with E-state index in [9.17, 15) is 4.79 Å². The smallest absolute Gasteiger partial charge is 0.331 e. The van der Waals surface area contributed by atoms with Crippen LogP contribution in [0.25, 0.3) is 0 Å². The molecule has 0 rings (SSSR count). The molecule has 1 unspecified atom stereocenters. The van der Waals surface area contributed by atoms with Gasteiger partial charge in [-0.3, -0.25) is 4.99 Å². The highest BCUT2D eigenvalue weighted by molar-refractivity contribution is 5.79. The van der Waals surface area contributed by atoms with Gasteiger partial charge in [-0.15, -0.1) is 0 Å². The van der Waals surface area contributed by atoms with Crippen LogP contribution in [0.1, 0.15) is 33.1 Å². The van der Waals surface area contributed by atoms with Crippen molar-refractivity contribution < 1.29 is 9.90 Å². The van der Waals surface area contributed by atoms with Crippen LogP contribution in [-0.2, 0) is 4.79 Å². The third kappa shape index (κ3) is 2.70. The van der Waals surface area contributed by atoms with Crippen molar-refractivity contribution in [3.63, 3.8) is 0 Å². The Hall–Kier alpha value is -0.860. The molecule has 1 N–H and O–H groups in total. The molecular formula is C8H15NO2. The second kappa shape index (κ2) is 4.11. The number of carboxylic acids is 1. The second-order valence-corrected chi connectivity index (χ2v) is 2.84. The van der Waals surface area contributed by atoms with Crippen LogP contribution in [0.3, 0.4) is 0 Å². The largest absolute Gasteiger partial charge is 0.479 e. The minimum absolute atomic E-state index is 0.572. The summed E-state index contributed by atoms with van der Waals surface area (Å²) >= 11 is 0. The van der Waals surface area contributed by atoms with Crippen molar-refractivity contribution in [3.8, 4) is 0 Å². The van der Waals surface area contributed by atoms with Gasteiger partial charge in [0.2, 0.25) is 0 Å². The van der Waals surface area contributed by atoms with Crippen LogP contribution in [0.15, 0.2) is 4.99 Å². The summed E-state index contributed by atoms with van der Waals surface area (Å²) in [5.41, 5.74) is -0.976. The van der Waals surface area contributed by atoms with Gasteiger partial charge in [-0.05, 0) is 20.1 Å². The normalized spacial score (nSPS) is 15.5. The lowest BCUT2D eigenvalue weighted by molar-refractivity contribution is -0.142. The van der Waals surface area contributed by atoms with Gasteiger partial charge in [0.1, 0.15) is 0 Å². The van der Waals surface area contributed by atoms with Crippen molar-refractivity contribution in [3.05, 3.63) is 0 Å². The topological polar surface area (TPSA) is 49.7 Å². The quantitative estimate of drug-likeness (QED) is 0.618. The van der Waals surface area contributed by atoms with Gasteiger partial charge in [0, 0.05) is 0 Å². The molecule has 0 heterocycles. The van der Waals surface area contributed by atoms with Crippen molar-refractivity contribution in [1.82, 2.24) is 0 Å². The van der Waals surface area contributed by atoms with E-state index in [1.54, 1.807) is 6.92 Å². The molecule has 0 saturated carbocycles. The van der Waals surface area contributed by atoms with Crippen LogP contribution < -0.4 is 0 Å². The number of aliphatic imine (C=N–C) groups is 1. The van der Waals surface area contributed by atoms with E-state index < -0.39 is 11.5 Å². The number of nitrogens with zero attached hydrogens (tertiary/aromatic N) is 1.